The van der Waals surface area contributed by atoms with E-state index in [0.29, 0.717) is 4.90 Å². The monoisotopic (exact) mass is 234 g/mol. The molecular formula is C7H6F3NaO2S. The van der Waals surface area contributed by atoms with Gasteiger partial charge in [0.05, 0.1) is 4.90 Å². The molecule has 1 atom stereocenters. The Hall–Kier alpha value is 0.120. The first kappa shape index (κ1) is 16.5. The predicted octanol–water partition coefficient (Wildman–Crippen LogP) is -0.387. The van der Waals surface area contributed by atoms with Crippen LogP contribution in [0, 0.1) is 6.68 Å². The average molecular weight is 234 g/mol. The fraction of sp³-hybridized carbons (Fsp3) is 0. The zero-order chi connectivity index (χ0) is 10.3. The van der Waals surface area contributed by atoms with Gasteiger partial charge in [-0.05, 0) is 12.1 Å². The molecular weight excluding hydrogens is 228 g/mol. The average Bonchev–Trinajstić information content (AvgIpc) is 2.05. The smallest absolute Gasteiger partial charge is 0.385 e. The van der Waals surface area contributed by atoms with Gasteiger partial charge in [0.2, 0.25) is 0 Å². The minimum atomic E-state index is -3.08. The molecule has 14 heavy (non-hydrogen) atoms. The number of halogens is 3. The number of hydrogen-bond donors (Lipinski definition) is 1. The summed E-state index contributed by atoms with van der Waals surface area (Å²) in [7, 11) is 0. The van der Waals surface area contributed by atoms with Crippen molar-refractivity contribution in [2.24, 2.45) is 0 Å². The predicted molar refractivity (Wildman–Crippen MR) is 42.0 cm³/mol. The maximum atomic E-state index is 10.3. The van der Waals surface area contributed by atoms with Crippen molar-refractivity contribution in [3.05, 3.63) is 37.0 Å². The quantitative estimate of drug-likeness (QED) is 0.408. The molecule has 0 spiro atoms. The molecule has 0 aliphatic carbocycles. The van der Waals surface area contributed by atoms with Gasteiger partial charge in [-0.25, -0.2) is 4.21 Å². The van der Waals surface area contributed by atoms with E-state index < -0.39 is 17.8 Å². The summed E-state index contributed by atoms with van der Waals surface area (Å²) in [5.41, 5.74) is 0. The van der Waals surface area contributed by atoms with Crippen LogP contribution in [0.5, 0.6) is 0 Å². The molecule has 0 fully saturated rings. The topological polar surface area (TPSA) is 37.3 Å². The molecule has 0 amide bonds. The van der Waals surface area contributed by atoms with Gasteiger partial charge in [-0.2, -0.15) is 0 Å². The van der Waals surface area contributed by atoms with Crippen molar-refractivity contribution in [1.82, 2.24) is 0 Å². The van der Waals surface area contributed by atoms with Gasteiger partial charge in [-0.3, -0.25) is 0 Å². The Morgan fingerprint density at radius 3 is 1.71 bits per heavy atom. The normalized spacial score (nSPS) is 10.9. The summed E-state index contributed by atoms with van der Waals surface area (Å²) in [5, 5.41) is 0. The van der Waals surface area contributed by atoms with Gasteiger partial charge in [0.1, 0.15) is 0 Å². The fourth-order valence-electron chi connectivity index (χ4n) is 0.537. The first-order chi connectivity index (χ1) is 6.04. The van der Waals surface area contributed by atoms with Crippen molar-refractivity contribution in [1.29, 1.82) is 0 Å². The Morgan fingerprint density at radius 1 is 1.14 bits per heavy atom. The second-order valence-corrected chi connectivity index (χ2v) is 2.75. The van der Waals surface area contributed by atoms with E-state index in [2.05, 4.69) is 0 Å². The van der Waals surface area contributed by atoms with Gasteiger partial charge in [-0.1, -0.05) is 18.2 Å². The maximum Gasteiger partial charge on any atom is 1.00 e. The van der Waals surface area contributed by atoms with Crippen LogP contribution in [0.25, 0.3) is 0 Å². The van der Waals surface area contributed by atoms with Crippen LogP contribution in [-0.2, 0) is 11.1 Å². The van der Waals surface area contributed by atoms with Crippen LogP contribution in [0.4, 0.5) is 13.2 Å². The van der Waals surface area contributed by atoms with Gasteiger partial charge in [0, 0.05) is 0 Å². The van der Waals surface area contributed by atoms with Crippen LogP contribution in [-0.4, -0.2) is 8.76 Å². The Bertz CT molecular complexity index is 256. The Labute approximate surface area is 104 Å². The molecule has 0 bridgehead atoms. The van der Waals surface area contributed by atoms with Gasteiger partial charge >= 0.3 is 29.6 Å². The van der Waals surface area contributed by atoms with Crippen molar-refractivity contribution in [2.75, 3.05) is 0 Å². The van der Waals surface area contributed by atoms with E-state index in [1.54, 1.807) is 30.3 Å². The molecule has 0 radical (unpaired) electrons. The molecule has 0 saturated carbocycles. The second-order valence-electron chi connectivity index (χ2n) is 1.78. The summed E-state index contributed by atoms with van der Waals surface area (Å²) < 4.78 is 47.6. The van der Waals surface area contributed by atoms with Crippen molar-refractivity contribution >= 4 is 11.1 Å². The van der Waals surface area contributed by atoms with Gasteiger partial charge in [-0.15, -0.1) is 0 Å². The third-order valence-electron chi connectivity index (χ3n) is 0.945. The van der Waals surface area contributed by atoms with Gasteiger partial charge < -0.3 is 17.7 Å². The first-order valence-corrected chi connectivity index (χ1v) is 4.14. The fourth-order valence-corrected chi connectivity index (χ4v) is 0.927. The molecule has 7 heteroatoms. The maximum absolute atomic E-state index is 10.3. The number of rotatable bonds is 1. The third kappa shape index (κ3) is 10.2. The molecule has 0 saturated heterocycles. The molecule has 1 N–H and O–H groups in total. The first-order valence-electron chi connectivity index (χ1n) is 3.03. The summed E-state index contributed by atoms with van der Waals surface area (Å²) in [4.78, 5) is 0.442. The Balaban J connectivity index is 0. The van der Waals surface area contributed by atoms with Crippen LogP contribution in [0.1, 0.15) is 0 Å². The standard InChI is InChI=1S/C6H6O2S.CF3.Na/c7-9(8)6-4-2-1-3-5-6;2-1(3)4;/h1-5H,(H,7,8);;/q;-1;+1. The van der Waals surface area contributed by atoms with Crippen molar-refractivity contribution in [3.63, 3.8) is 0 Å². The Kier molecular flexibility index (Phi) is 11.4. The minimum absolute atomic E-state index is 0. The van der Waals surface area contributed by atoms with E-state index in [1.807, 2.05) is 0 Å². The molecule has 1 aromatic carbocycles. The van der Waals surface area contributed by atoms with Gasteiger partial charge in [0.25, 0.3) is 0 Å². The molecule has 0 heterocycles. The zero-order valence-corrected chi connectivity index (χ0v) is 10.1. The molecule has 0 aromatic heterocycles. The number of hydrogen-bond acceptors (Lipinski definition) is 1. The summed E-state index contributed by atoms with van der Waals surface area (Å²) in [6, 6.07) is 8.47. The van der Waals surface area contributed by atoms with E-state index in [9.17, 15) is 17.4 Å². The summed E-state index contributed by atoms with van der Waals surface area (Å²) >= 11 is -1.83. The summed E-state index contributed by atoms with van der Waals surface area (Å²) in [6.07, 6.45) is 0. The van der Waals surface area contributed by atoms with Crippen molar-refractivity contribution in [2.45, 2.75) is 4.90 Å². The van der Waals surface area contributed by atoms with Gasteiger partial charge in [0.15, 0.2) is 17.8 Å². The third-order valence-corrected chi connectivity index (χ3v) is 1.62. The Morgan fingerprint density at radius 2 is 1.50 bits per heavy atom. The van der Waals surface area contributed by atoms with E-state index in [-0.39, 0.29) is 29.6 Å². The zero-order valence-electron chi connectivity index (χ0n) is 7.28. The van der Waals surface area contributed by atoms with Crippen LogP contribution in [0.3, 0.4) is 0 Å². The van der Waals surface area contributed by atoms with Crippen LogP contribution < -0.4 is 29.6 Å². The second kappa shape index (κ2) is 9.67. The minimum Gasteiger partial charge on any atom is -0.385 e. The van der Waals surface area contributed by atoms with Crippen molar-refractivity contribution < 1.29 is 51.5 Å². The molecule has 1 rings (SSSR count). The number of benzene rings is 1. The van der Waals surface area contributed by atoms with E-state index in [4.69, 9.17) is 4.55 Å². The van der Waals surface area contributed by atoms with Crippen LogP contribution in [0.2, 0.25) is 0 Å². The molecule has 2 nitrogen and oxygen atoms in total. The molecule has 1 aromatic rings. The van der Waals surface area contributed by atoms with E-state index in [0.717, 1.165) is 0 Å². The largest absolute Gasteiger partial charge is 1.00 e. The SMILES string of the molecule is F[C-](F)F.O=S(O)c1ccccc1.[Na+]. The van der Waals surface area contributed by atoms with Crippen LogP contribution in [0.15, 0.2) is 35.2 Å². The molecule has 74 valence electrons. The summed E-state index contributed by atoms with van der Waals surface area (Å²) in [6.45, 7) is -3.08. The molecule has 0 aliphatic rings. The van der Waals surface area contributed by atoms with E-state index in [1.165, 1.54) is 0 Å². The summed E-state index contributed by atoms with van der Waals surface area (Å²) in [5.74, 6) is 0. The van der Waals surface area contributed by atoms with E-state index >= 15 is 0 Å². The van der Waals surface area contributed by atoms with Crippen molar-refractivity contribution in [3.8, 4) is 0 Å². The van der Waals surface area contributed by atoms with Crippen LogP contribution >= 0.6 is 0 Å². The molecule has 0 aliphatic heterocycles. The molecule has 1 unspecified atom stereocenters.